The third kappa shape index (κ3) is 4.45. The largest absolute Gasteiger partial charge is 0.441 e. The monoisotopic (exact) mass is 300 g/mol. The Morgan fingerprint density at radius 1 is 1.23 bits per heavy atom. The van der Waals surface area contributed by atoms with Gasteiger partial charge >= 0.3 is 0 Å². The number of aromatic nitrogens is 1. The third-order valence-corrected chi connectivity index (χ3v) is 3.84. The molecule has 1 atom stereocenters. The lowest BCUT2D eigenvalue weighted by atomic mass is 10.1. The van der Waals surface area contributed by atoms with Crippen LogP contribution in [0.4, 0.5) is 0 Å². The van der Waals surface area contributed by atoms with Crippen molar-refractivity contribution in [1.82, 2.24) is 10.3 Å². The summed E-state index contributed by atoms with van der Waals surface area (Å²) in [5.41, 5.74) is 2.21. The van der Waals surface area contributed by atoms with Gasteiger partial charge in [-0.15, -0.1) is 0 Å². The summed E-state index contributed by atoms with van der Waals surface area (Å²) in [6.07, 6.45) is 2.63. The lowest BCUT2D eigenvalue weighted by Crippen LogP contribution is -2.36. The minimum absolute atomic E-state index is 0.0382. The van der Waals surface area contributed by atoms with Crippen LogP contribution in [0.3, 0.4) is 0 Å². The Morgan fingerprint density at radius 3 is 2.55 bits per heavy atom. The van der Waals surface area contributed by atoms with E-state index in [0.29, 0.717) is 24.7 Å². The van der Waals surface area contributed by atoms with E-state index in [9.17, 15) is 4.79 Å². The van der Waals surface area contributed by atoms with Crippen LogP contribution in [0.2, 0.25) is 0 Å². The van der Waals surface area contributed by atoms with Crippen molar-refractivity contribution < 1.29 is 9.21 Å². The number of nitrogens with zero attached hydrogens (tertiary/aromatic N) is 1. The number of oxazole rings is 1. The van der Waals surface area contributed by atoms with Crippen molar-refractivity contribution >= 4 is 5.91 Å². The Morgan fingerprint density at radius 2 is 1.91 bits per heavy atom. The summed E-state index contributed by atoms with van der Waals surface area (Å²) in [5.74, 6) is 1.81. The molecule has 1 N–H and O–H groups in total. The van der Waals surface area contributed by atoms with E-state index in [-0.39, 0.29) is 11.9 Å². The number of benzene rings is 1. The zero-order chi connectivity index (χ0) is 16.1. The zero-order valence-electron chi connectivity index (χ0n) is 13.7. The molecule has 0 spiro atoms. The van der Waals surface area contributed by atoms with Gasteiger partial charge in [-0.25, -0.2) is 4.98 Å². The Hall–Kier alpha value is -2.10. The lowest BCUT2D eigenvalue weighted by Gasteiger charge is -2.16. The number of hydrogen-bond acceptors (Lipinski definition) is 3. The molecule has 4 heteroatoms. The van der Waals surface area contributed by atoms with Crippen LogP contribution in [0.15, 0.2) is 34.9 Å². The van der Waals surface area contributed by atoms with Gasteiger partial charge in [-0.05, 0) is 19.8 Å². The lowest BCUT2D eigenvalue weighted by molar-refractivity contribution is -0.122. The minimum atomic E-state index is 0.0382. The molecule has 1 amide bonds. The normalized spacial score (nSPS) is 12.4. The first-order chi connectivity index (χ1) is 10.5. The number of amides is 1. The molecule has 0 aliphatic heterocycles. The molecule has 4 nitrogen and oxygen atoms in total. The predicted octanol–water partition coefficient (Wildman–Crippen LogP) is 3.74. The van der Waals surface area contributed by atoms with Gasteiger partial charge in [-0.3, -0.25) is 4.79 Å². The van der Waals surface area contributed by atoms with Crippen molar-refractivity contribution in [3.63, 3.8) is 0 Å². The molecule has 1 aromatic heterocycles. The Balaban J connectivity index is 1.90. The second-order valence-electron chi connectivity index (χ2n) is 6.08. The summed E-state index contributed by atoms with van der Waals surface area (Å²) >= 11 is 0. The van der Waals surface area contributed by atoms with E-state index in [1.165, 1.54) is 5.56 Å². The van der Waals surface area contributed by atoms with Crippen LogP contribution >= 0.6 is 0 Å². The number of carbonyl (C=O) groups is 1. The molecular weight excluding hydrogens is 276 g/mol. The van der Waals surface area contributed by atoms with E-state index in [0.717, 1.165) is 11.3 Å². The average Bonchev–Trinajstić information content (AvgIpc) is 2.94. The molecule has 0 radical (unpaired) electrons. The number of rotatable bonds is 6. The molecule has 1 heterocycles. The Bertz CT molecular complexity index is 614. The molecule has 2 rings (SSSR count). The predicted molar refractivity (Wildman–Crippen MR) is 87.4 cm³/mol. The molecule has 1 unspecified atom stereocenters. The summed E-state index contributed by atoms with van der Waals surface area (Å²) in [6, 6.07) is 8.28. The zero-order valence-corrected chi connectivity index (χ0v) is 13.7. The first-order valence-corrected chi connectivity index (χ1v) is 7.77. The molecule has 1 aromatic carbocycles. The van der Waals surface area contributed by atoms with E-state index in [1.54, 1.807) is 6.20 Å². The van der Waals surface area contributed by atoms with Crippen molar-refractivity contribution in [2.45, 2.75) is 46.6 Å². The molecule has 0 bridgehead atoms. The fourth-order valence-corrected chi connectivity index (χ4v) is 1.99. The molecule has 0 fully saturated rings. The van der Waals surface area contributed by atoms with Crippen molar-refractivity contribution in [3.05, 3.63) is 41.9 Å². The first-order valence-electron chi connectivity index (χ1n) is 7.77. The second-order valence-corrected chi connectivity index (χ2v) is 6.08. The third-order valence-electron chi connectivity index (χ3n) is 3.84. The standard InChI is InChI=1S/C18H24N2O2/c1-12(2)14(4)20-17(21)9-10-18-19-11-16(22-18)15-7-5-13(3)6-8-15/h5-8,11-12,14H,9-10H2,1-4H3,(H,20,21). The summed E-state index contributed by atoms with van der Waals surface area (Å²) in [5, 5.41) is 2.99. The average molecular weight is 300 g/mol. The highest BCUT2D eigenvalue weighted by molar-refractivity contribution is 5.76. The summed E-state index contributed by atoms with van der Waals surface area (Å²) in [4.78, 5) is 16.1. The highest BCUT2D eigenvalue weighted by atomic mass is 16.4. The second kappa shape index (κ2) is 7.25. The number of nitrogens with one attached hydrogen (secondary N) is 1. The molecule has 2 aromatic rings. The first kappa shape index (κ1) is 16.3. The molecule has 0 saturated carbocycles. The van der Waals surface area contributed by atoms with Crippen LogP contribution < -0.4 is 5.32 Å². The van der Waals surface area contributed by atoms with Crippen molar-refractivity contribution in [2.24, 2.45) is 5.92 Å². The van der Waals surface area contributed by atoms with Gasteiger partial charge in [0.2, 0.25) is 5.91 Å². The van der Waals surface area contributed by atoms with Crippen LogP contribution in [-0.2, 0) is 11.2 Å². The molecule has 0 aliphatic carbocycles. The van der Waals surface area contributed by atoms with Gasteiger partial charge in [0.1, 0.15) is 0 Å². The van der Waals surface area contributed by atoms with Gasteiger partial charge < -0.3 is 9.73 Å². The summed E-state index contributed by atoms with van der Waals surface area (Å²) in [6.45, 7) is 8.25. The fourth-order valence-electron chi connectivity index (χ4n) is 1.99. The van der Waals surface area contributed by atoms with Crippen molar-refractivity contribution in [2.75, 3.05) is 0 Å². The quantitative estimate of drug-likeness (QED) is 0.884. The van der Waals surface area contributed by atoms with Crippen molar-refractivity contribution in [3.8, 4) is 11.3 Å². The fraction of sp³-hybridized carbons (Fsp3) is 0.444. The molecule has 0 saturated heterocycles. The molecular formula is C18H24N2O2. The van der Waals surface area contributed by atoms with Gasteiger partial charge in [0.15, 0.2) is 11.7 Å². The van der Waals surface area contributed by atoms with Crippen LogP contribution in [0.1, 0.15) is 38.6 Å². The topological polar surface area (TPSA) is 55.1 Å². The van der Waals surface area contributed by atoms with E-state index in [2.05, 4.69) is 24.1 Å². The van der Waals surface area contributed by atoms with Crippen LogP contribution in [0.25, 0.3) is 11.3 Å². The maximum atomic E-state index is 11.9. The molecule has 22 heavy (non-hydrogen) atoms. The smallest absolute Gasteiger partial charge is 0.220 e. The minimum Gasteiger partial charge on any atom is -0.441 e. The molecule has 0 aliphatic rings. The van der Waals surface area contributed by atoms with E-state index in [4.69, 9.17) is 4.42 Å². The van der Waals surface area contributed by atoms with E-state index >= 15 is 0 Å². The Kier molecular flexibility index (Phi) is 5.36. The maximum Gasteiger partial charge on any atom is 0.220 e. The number of carbonyl (C=O) groups excluding carboxylic acids is 1. The SMILES string of the molecule is Cc1ccc(-c2cnc(CCC(=O)NC(C)C(C)C)o2)cc1. The number of aryl methyl sites for hydroxylation is 2. The highest BCUT2D eigenvalue weighted by Gasteiger charge is 2.12. The summed E-state index contributed by atoms with van der Waals surface area (Å²) < 4.78 is 5.72. The maximum absolute atomic E-state index is 11.9. The van der Waals surface area contributed by atoms with E-state index in [1.807, 2.05) is 38.1 Å². The van der Waals surface area contributed by atoms with Gasteiger partial charge in [0.25, 0.3) is 0 Å². The van der Waals surface area contributed by atoms with Gasteiger partial charge in [-0.1, -0.05) is 43.7 Å². The van der Waals surface area contributed by atoms with Gasteiger partial charge in [0, 0.05) is 24.4 Å². The summed E-state index contributed by atoms with van der Waals surface area (Å²) in [7, 11) is 0. The number of hydrogen-bond donors (Lipinski definition) is 1. The van der Waals surface area contributed by atoms with E-state index < -0.39 is 0 Å². The highest BCUT2D eigenvalue weighted by Crippen LogP contribution is 2.21. The Labute approximate surface area is 131 Å². The molecule has 118 valence electrons. The van der Waals surface area contributed by atoms with Crippen LogP contribution in [-0.4, -0.2) is 16.9 Å². The van der Waals surface area contributed by atoms with Crippen LogP contribution in [0, 0.1) is 12.8 Å². The van der Waals surface area contributed by atoms with Gasteiger partial charge in [-0.2, -0.15) is 0 Å². The van der Waals surface area contributed by atoms with Crippen LogP contribution in [0.5, 0.6) is 0 Å². The van der Waals surface area contributed by atoms with Crippen molar-refractivity contribution in [1.29, 1.82) is 0 Å². The van der Waals surface area contributed by atoms with Gasteiger partial charge in [0.05, 0.1) is 6.20 Å².